The summed E-state index contributed by atoms with van der Waals surface area (Å²) in [4.78, 5) is 24.2. The summed E-state index contributed by atoms with van der Waals surface area (Å²) in [6.07, 6.45) is 0. The van der Waals surface area contributed by atoms with Crippen molar-refractivity contribution in [3.05, 3.63) is 24.3 Å². The first-order valence-corrected chi connectivity index (χ1v) is 8.35. The highest BCUT2D eigenvalue weighted by Crippen LogP contribution is 2.24. The molecular weight excluding hydrogens is 324 g/mol. The number of aliphatic carboxylic acids is 1. The third-order valence-electron chi connectivity index (χ3n) is 3.71. The van der Waals surface area contributed by atoms with Crippen LogP contribution >= 0.6 is 0 Å². The Morgan fingerprint density at radius 1 is 1.30 bits per heavy atom. The highest BCUT2D eigenvalue weighted by molar-refractivity contribution is 7.89. The molecule has 1 aromatic carbocycles. The Morgan fingerprint density at radius 3 is 2.57 bits per heavy atom. The van der Waals surface area contributed by atoms with Crippen molar-refractivity contribution in [2.75, 3.05) is 26.7 Å². The molecule has 1 unspecified atom stereocenters. The molecule has 1 aromatic rings. The molecule has 1 aliphatic rings. The average Bonchev–Trinajstić information content (AvgIpc) is 2.54. The van der Waals surface area contributed by atoms with E-state index in [2.05, 4.69) is 0 Å². The standard InChI is InChI=1S/C14H18N2O6S/c1-10(17)15-6-7-16(13(9-15)14(18)19)23(20,21)12-5-3-4-11(8-12)22-2/h3-5,8,13H,6-7,9H2,1-2H3,(H,18,19). The van der Waals surface area contributed by atoms with Crippen LogP contribution in [0.4, 0.5) is 0 Å². The minimum atomic E-state index is -4.00. The van der Waals surface area contributed by atoms with Gasteiger partial charge in [0.25, 0.3) is 0 Å². The lowest BCUT2D eigenvalue weighted by Crippen LogP contribution is -2.58. The molecule has 1 N–H and O–H groups in total. The molecular formula is C14H18N2O6S. The molecule has 8 nitrogen and oxygen atoms in total. The highest BCUT2D eigenvalue weighted by atomic mass is 32.2. The van der Waals surface area contributed by atoms with Gasteiger partial charge in [-0.05, 0) is 12.1 Å². The van der Waals surface area contributed by atoms with Gasteiger partial charge >= 0.3 is 5.97 Å². The van der Waals surface area contributed by atoms with Gasteiger partial charge in [-0.3, -0.25) is 9.59 Å². The lowest BCUT2D eigenvalue weighted by Gasteiger charge is -2.38. The fraction of sp³-hybridized carbons (Fsp3) is 0.429. The van der Waals surface area contributed by atoms with Gasteiger partial charge in [0.2, 0.25) is 15.9 Å². The largest absolute Gasteiger partial charge is 0.497 e. The van der Waals surface area contributed by atoms with Gasteiger partial charge < -0.3 is 14.7 Å². The lowest BCUT2D eigenvalue weighted by atomic mass is 10.2. The molecule has 126 valence electrons. The van der Waals surface area contributed by atoms with E-state index in [0.717, 1.165) is 4.31 Å². The number of hydrogen-bond donors (Lipinski definition) is 1. The summed E-state index contributed by atoms with van der Waals surface area (Å²) in [5.74, 6) is -1.21. The first kappa shape index (κ1) is 17.2. The maximum absolute atomic E-state index is 12.8. The number of rotatable bonds is 4. The van der Waals surface area contributed by atoms with Crippen LogP contribution in [0.5, 0.6) is 5.75 Å². The van der Waals surface area contributed by atoms with Crippen molar-refractivity contribution in [3.63, 3.8) is 0 Å². The molecule has 1 fully saturated rings. The molecule has 23 heavy (non-hydrogen) atoms. The minimum absolute atomic E-state index is 0.0422. The molecule has 1 saturated heterocycles. The summed E-state index contributed by atoms with van der Waals surface area (Å²) < 4.78 is 31.4. The number of carbonyl (C=O) groups is 2. The first-order valence-electron chi connectivity index (χ1n) is 6.91. The summed E-state index contributed by atoms with van der Waals surface area (Å²) >= 11 is 0. The molecule has 1 amide bonds. The van der Waals surface area contributed by atoms with Crippen LogP contribution < -0.4 is 4.74 Å². The second-order valence-electron chi connectivity index (χ2n) is 5.11. The van der Waals surface area contributed by atoms with E-state index in [1.165, 1.54) is 37.1 Å². The quantitative estimate of drug-likeness (QED) is 0.826. The zero-order valence-corrected chi connectivity index (χ0v) is 13.6. The Morgan fingerprint density at radius 2 is 2.00 bits per heavy atom. The molecule has 9 heteroatoms. The Kier molecular flexibility index (Phi) is 4.90. The molecule has 0 spiro atoms. The number of carboxylic acids is 1. The molecule has 1 heterocycles. The van der Waals surface area contributed by atoms with E-state index in [-0.39, 0.29) is 30.4 Å². The van der Waals surface area contributed by atoms with Crippen molar-refractivity contribution in [2.24, 2.45) is 0 Å². The van der Waals surface area contributed by atoms with Gasteiger partial charge in [0.05, 0.1) is 12.0 Å². The lowest BCUT2D eigenvalue weighted by molar-refractivity contribution is -0.145. The maximum atomic E-state index is 12.8. The van der Waals surface area contributed by atoms with Crippen molar-refractivity contribution in [1.29, 1.82) is 0 Å². The number of piperazine rings is 1. The number of sulfonamides is 1. The summed E-state index contributed by atoms with van der Waals surface area (Å²) in [6, 6.07) is 4.53. The third kappa shape index (κ3) is 3.45. The van der Waals surface area contributed by atoms with Crippen molar-refractivity contribution in [2.45, 2.75) is 17.9 Å². The van der Waals surface area contributed by atoms with Crippen LogP contribution in [0.2, 0.25) is 0 Å². The number of benzene rings is 1. The number of carbonyl (C=O) groups excluding carboxylic acids is 1. The molecule has 0 aliphatic carbocycles. The van der Waals surface area contributed by atoms with Crippen LogP contribution in [-0.4, -0.2) is 67.4 Å². The van der Waals surface area contributed by atoms with Crippen LogP contribution in [0.1, 0.15) is 6.92 Å². The van der Waals surface area contributed by atoms with Crippen LogP contribution in [0.15, 0.2) is 29.2 Å². The van der Waals surface area contributed by atoms with Gasteiger partial charge in [-0.1, -0.05) is 6.07 Å². The van der Waals surface area contributed by atoms with Crippen molar-refractivity contribution >= 4 is 21.9 Å². The zero-order chi connectivity index (χ0) is 17.2. The Labute approximate surface area is 134 Å². The van der Waals surface area contributed by atoms with Gasteiger partial charge in [0.15, 0.2) is 0 Å². The average molecular weight is 342 g/mol. The molecule has 0 saturated carbocycles. The third-order valence-corrected chi connectivity index (χ3v) is 5.61. The van der Waals surface area contributed by atoms with Crippen LogP contribution in [-0.2, 0) is 19.6 Å². The van der Waals surface area contributed by atoms with E-state index in [1.807, 2.05) is 0 Å². The monoisotopic (exact) mass is 342 g/mol. The molecule has 0 bridgehead atoms. The predicted octanol–water partition coefficient (Wildman–Crippen LogP) is 0.00120. The van der Waals surface area contributed by atoms with Crippen LogP contribution in [0, 0.1) is 0 Å². The predicted molar refractivity (Wildman–Crippen MR) is 80.6 cm³/mol. The van der Waals surface area contributed by atoms with Gasteiger partial charge in [0, 0.05) is 32.6 Å². The zero-order valence-electron chi connectivity index (χ0n) is 12.8. The summed E-state index contributed by atoms with van der Waals surface area (Å²) in [6.45, 7) is 1.23. The summed E-state index contributed by atoms with van der Waals surface area (Å²) in [7, 11) is -2.59. The second-order valence-corrected chi connectivity index (χ2v) is 7.00. The number of carboxylic acid groups (broad SMARTS) is 1. The maximum Gasteiger partial charge on any atom is 0.323 e. The first-order chi connectivity index (χ1) is 10.8. The Bertz CT molecular complexity index is 718. The number of hydrogen-bond acceptors (Lipinski definition) is 5. The number of methoxy groups -OCH3 is 1. The van der Waals surface area contributed by atoms with E-state index in [1.54, 1.807) is 6.07 Å². The van der Waals surface area contributed by atoms with Crippen molar-refractivity contribution in [3.8, 4) is 5.75 Å². The number of amides is 1. The molecule has 2 rings (SSSR count). The fourth-order valence-electron chi connectivity index (χ4n) is 2.44. The van der Waals surface area contributed by atoms with Crippen LogP contribution in [0.25, 0.3) is 0 Å². The SMILES string of the molecule is COc1cccc(S(=O)(=O)N2CCN(C(C)=O)CC2C(=O)O)c1. The summed E-state index contributed by atoms with van der Waals surface area (Å²) in [5, 5.41) is 9.35. The minimum Gasteiger partial charge on any atom is -0.497 e. The van der Waals surface area contributed by atoms with Gasteiger partial charge in [-0.15, -0.1) is 0 Å². The van der Waals surface area contributed by atoms with E-state index >= 15 is 0 Å². The van der Waals surface area contributed by atoms with Gasteiger partial charge in [-0.25, -0.2) is 8.42 Å². The highest BCUT2D eigenvalue weighted by Gasteiger charge is 2.40. The van der Waals surface area contributed by atoms with E-state index in [4.69, 9.17) is 4.74 Å². The molecule has 1 atom stereocenters. The molecule has 0 radical (unpaired) electrons. The summed E-state index contributed by atoms with van der Waals surface area (Å²) in [5.41, 5.74) is 0. The molecule has 1 aliphatic heterocycles. The number of ether oxygens (including phenoxy) is 1. The van der Waals surface area contributed by atoms with Gasteiger partial charge in [-0.2, -0.15) is 4.31 Å². The van der Waals surface area contributed by atoms with Crippen LogP contribution in [0.3, 0.4) is 0 Å². The number of nitrogens with zero attached hydrogens (tertiary/aromatic N) is 2. The second kappa shape index (κ2) is 6.55. The van der Waals surface area contributed by atoms with Gasteiger partial charge in [0.1, 0.15) is 11.8 Å². The smallest absolute Gasteiger partial charge is 0.323 e. The van der Waals surface area contributed by atoms with Crippen molar-refractivity contribution < 1.29 is 27.9 Å². The topological polar surface area (TPSA) is 104 Å². The molecule has 0 aromatic heterocycles. The fourth-order valence-corrected chi connectivity index (χ4v) is 4.04. The van der Waals surface area contributed by atoms with E-state index in [9.17, 15) is 23.1 Å². The normalized spacial score (nSPS) is 19.4. The van der Waals surface area contributed by atoms with E-state index in [0.29, 0.717) is 5.75 Å². The Balaban J connectivity index is 2.37. The Hall–Kier alpha value is -2.13. The van der Waals surface area contributed by atoms with Crippen molar-refractivity contribution in [1.82, 2.24) is 9.21 Å². The van der Waals surface area contributed by atoms with E-state index < -0.39 is 22.0 Å².